The summed E-state index contributed by atoms with van der Waals surface area (Å²) in [5.74, 6) is 0.351. The van der Waals surface area contributed by atoms with Crippen LogP contribution in [0, 0.1) is 0 Å². The molecule has 24 heavy (non-hydrogen) atoms. The number of nitrogens with zero attached hydrogens (tertiary/aromatic N) is 3. The molecule has 5 heteroatoms. The predicted octanol–water partition coefficient (Wildman–Crippen LogP) is 3.46. The van der Waals surface area contributed by atoms with Gasteiger partial charge in [0.1, 0.15) is 0 Å². The molecule has 0 aliphatic rings. The van der Waals surface area contributed by atoms with Crippen molar-refractivity contribution in [2.75, 3.05) is 5.32 Å². The lowest BCUT2D eigenvalue weighted by Gasteiger charge is -2.14. The molecule has 122 valence electrons. The summed E-state index contributed by atoms with van der Waals surface area (Å²) in [7, 11) is 0. The largest absolute Gasteiger partial charge is 0.309 e. The van der Waals surface area contributed by atoms with Gasteiger partial charge < -0.3 is 5.32 Å². The lowest BCUT2D eigenvalue weighted by Crippen LogP contribution is -2.21. The third kappa shape index (κ3) is 3.87. The minimum atomic E-state index is -0.174. The third-order valence-electron chi connectivity index (χ3n) is 3.87. The zero-order valence-corrected chi connectivity index (χ0v) is 13.6. The lowest BCUT2D eigenvalue weighted by molar-refractivity contribution is -0.117. The van der Waals surface area contributed by atoms with E-state index in [4.69, 9.17) is 0 Å². The SMILES string of the molecule is CC[C@H](C(=O)Nc1ccn(Cc2ccccn2)n1)c1ccccc1. The molecule has 0 spiro atoms. The van der Waals surface area contributed by atoms with Gasteiger partial charge in [0.2, 0.25) is 5.91 Å². The van der Waals surface area contributed by atoms with Crippen LogP contribution in [0.5, 0.6) is 0 Å². The fraction of sp³-hybridized carbons (Fsp3) is 0.211. The van der Waals surface area contributed by atoms with Gasteiger partial charge in [-0.15, -0.1) is 0 Å². The number of carbonyl (C=O) groups is 1. The molecule has 3 aromatic rings. The van der Waals surface area contributed by atoms with Crippen LogP contribution in [-0.4, -0.2) is 20.7 Å². The molecule has 0 aliphatic carbocycles. The van der Waals surface area contributed by atoms with Crippen molar-refractivity contribution < 1.29 is 4.79 Å². The van der Waals surface area contributed by atoms with Crippen molar-refractivity contribution in [2.45, 2.75) is 25.8 Å². The Labute approximate surface area is 141 Å². The smallest absolute Gasteiger partial charge is 0.233 e. The van der Waals surface area contributed by atoms with E-state index in [9.17, 15) is 4.79 Å². The Morgan fingerprint density at radius 3 is 2.62 bits per heavy atom. The number of benzene rings is 1. The van der Waals surface area contributed by atoms with Crippen molar-refractivity contribution in [1.29, 1.82) is 0 Å². The monoisotopic (exact) mass is 320 g/mol. The molecule has 0 saturated carbocycles. The number of hydrogen-bond acceptors (Lipinski definition) is 3. The average Bonchev–Trinajstić information content (AvgIpc) is 3.04. The van der Waals surface area contributed by atoms with Crippen LogP contribution >= 0.6 is 0 Å². The van der Waals surface area contributed by atoms with Crippen LogP contribution < -0.4 is 5.32 Å². The minimum Gasteiger partial charge on any atom is -0.309 e. The number of hydrogen-bond donors (Lipinski definition) is 1. The van der Waals surface area contributed by atoms with Crippen LogP contribution in [0.3, 0.4) is 0 Å². The Morgan fingerprint density at radius 2 is 1.92 bits per heavy atom. The molecule has 0 aliphatic heterocycles. The highest BCUT2D eigenvalue weighted by Gasteiger charge is 2.19. The zero-order valence-electron chi connectivity index (χ0n) is 13.6. The van der Waals surface area contributed by atoms with Crippen molar-refractivity contribution in [1.82, 2.24) is 14.8 Å². The fourth-order valence-corrected chi connectivity index (χ4v) is 2.65. The normalized spacial score (nSPS) is 11.9. The van der Waals surface area contributed by atoms with E-state index in [1.54, 1.807) is 16.9 Å². The Kier molecular flexibility index (Phi) is 5.01. The molecule has 1 atom stereocenters. The average molecular weight is 320 g/mol. The number of rotatable bonds is 6. The first kappa shape index (κ1) is 15.9. The summed E-state index contributed by atoms with van der Waals surface area (Å²) in [5.41, 5.74) is 1.94. The summed E-state index contributed by atoms with van der Waals surface area (Å²) in [5, 5.41) is 7.31. The van der Waals surface area contributed by atoms with Crippen molar-refractivity contribution >= 4 is 11.7 Å². The summed E-state index contributed by atoms with van der Waals surface area (Å²) in [6, 6.07) is 17.4. The number of carbonyl (C=O) groups excluding carboxylic acids is 1. The molecule has 0 saturated heterocycles. The van der Waals surface area contributed by atoms with Gasteiger partial charge in [-0.1, -0.05) is 43.3 Å². The zero-order chi connectivity index (χ0) is 16.8. The Morgan fingerprint density at radius 1 is 1.12 bits per heavy atom. The first-order valence-corrected chi connectivity index (χ1v) is 8.05. The maximum atomic E-state index is 12.5. The third-order valence-corrected chi connectivity index (χ3v) is 3.87. The maximum Gasteiger partial charge on any atom is 0.233 e. The molecule has 0 bridgehead atoms. The van der Waals surface area contributed by atoms with Crippen LogP contribution in [0.15, 0.2) is 67.0 Å². The van der Waals surface area contributed by atoms with Gasteiger partial charge in [0, 0.05) is 18.5 Å². The molecule has 1 aromatic carbocycles. The summed E-state index contributed by atoms with van der Waals surface area (Å²) in [4.78, 5) is 16.8. The molecule has 0 radical (unpaired) electrons. The number of aromatic nitrogens is 3. The van der Waals surface area contributed by atoms with Crippen LogP contribution in [0.25, 0.3) is 0 Å². The molecule has 0 unspecified atom stereocenters. The predicted molar refractivity (Wildman–Crippen MR) is 93.7 cm³/mol. The summed E-state index contributed by atoms with van der Waals surface area (Å²) < 4.78 is 1.77. The van der Waals surface area contributed by atoms with Gasteiger partial charge >= 0.3 is 0 Å². The highest BCUT2D eigenvalue weighted by Crippen LogP contribution is 2.21. The van der Waals surface area contributed by atoms with Crippen molar-refractivity contribution in [3.63, 3.8) is 0 Å². The molecule has 2 heterocycles. The Balaban J connectivity index is 1.66. The second-order valence-corrected chi connectivity index (χ2v) is 5.58. The summed E-state index contributed by atoms with van der Waals surface area (Å²) >= 11 is 0. The molecular formula is C19H20N4O. The number of nitrogens with one attached hydrogen (secondary N) is 1. The van der Waals surface area contributed by atoms with Crippen molar-refractivity contribution in [3.8, 4) is 0 Å². The molecule has 5 nitrogen and oxygen atoms in total. The van der Waals surface area contributed by atoms with E-state index in [1.807, 2.05) is 61.7 Å². The maximum absolute atomic E-state index is 12.5. The van der Waals surface area contributed by atoms with Gasteiger partial charge in [-0.25, -0.2) is 0 Å². The highest BCUT2D eigenvalue weighted by atomic mass is 16.2. The van der Waals surface area contributed by atoms with Gasteiger partial charge in [0.15, 0.2) is 5.82 Å². The Hall–Kier alpha value is -2.95. The second-order valence-electron chi connectivity index (χ2n) is 5.58. The first-order chi connectivity index (χ1) is 11.8. The van der Waals surface area contributed by atoms with Gasteiger partial charge in [0.05, 0.1) is 18.2 Å². The first-order valence-electron chi connectivity index (χ1n) is 8.05. The highest BCUT2D eigenvalue weighted by molar-refractivity contribution is 5.95. The van der Waals surface area contributed by atoms with E-state index in [0.29, 0.717) is 12.4 Å². The lowest BCUT2D eigenvalue weighted by atomic mass is 9.96. The van der Waals surface area contributed by atoms with E-state index < -0.39 is 0 Å². The van der Waals surface area contributed by atoms with Gasteiger partial charge in [-0.2, -0.15) is 5.10 Å². The van der Waals surface area contributed by atoms with Crippen LogP contribution in [0.2, 0.25) is 0 Å². The number of pyridine rings is 1. The quantitative estimate of drug-likeness (QED) is 0.756. The van der Waals surface area contributed by atoms with Crippen LogP contribution in [0.4, 0.5) is 5.82 Å². The van der Waals surface area contributed by atoms with Crippen LogP contribution in [0.1, 0.15) is 30.5 Å². The van der Waals surface area contributed by atoms with Crippen molar-refractivity contribution in [3.05, 3.63) is 78.2 Å². The molecule has 3 rings (SSSR count). The summed E-state index contributed by atoms with van der Waals surface area (Å²) in [6.45, 7) is 2.59. The van der Waals surface area contributed by atoms with Gasteiger partial charge in [-0.05, 0) is 24.1 Å². The fourth-order valence-electron chi connectivity index (χ4n) is 2.65. The molecule has 1 amide bonds. The number of anilines is 1. The van der Waals surface area contributed by atoms with Crippen molar-refractivity contribution in [2.24, 2.45) is 0 Å². The van der Waals surface area contributed by atoms with E-state index >= 15 is 0 Å². The topological polar surface area (TPSA) is 59.8 Å². The minimum absolute atomic E-state index is 0.0354. The molecule has 0 fully saturated rings. The van der Waals surface area contributed by atoms with E-state index in [1.165, 1.54) is 0 Å². The van der Waals surface area contributed by atoms with E-state index in [0.717, 1.165) is 17.7 Å². The van der Waals surface area contributed by atoms with E-state index in [-0.39, 0.29) is 11.8 Å². The number of amides is 1. The van der Waals surface area contributed by atoms with Gasteiger partial charge in [0.25, 0.3) is 0 Å². The molecular weight excluding hydrogens is 300 g/mol. The standard InChI is InChI=1S/C19H20N4O/c1-2-17(15-8-4-3-5-9-15)19(24)21-18-11-13-23(22-18)14-16-10-6-7-12-20-16/h3-13,17H,2,14H2,1H3,(H,21,22,24)/t17-/m0/s1. The molecule has 2 aromatic heterocycles. The summed E-state index contributed by atoms with van der Waals surface area (Å²) in [6.07, 6.45) is 4.34. The molecule has 1 N–H and O–H groups in total. The second kappa shape index (κ2) is 7.55. The Bertz CT molecular complexity index is 783. The van der Waals surface area contributed by atoms with E-state index in [2.05, 4.69) is 15.4 Å². The van der Waals surface area contributed by atoms with Gasteiger partial charge in [-0.3, -0.25) is 14.5 Å². The van der Waals surface area contributed by atoms with Crippen LogP contribution in [-0.2, 0) is 11.3 Å².